The molecule has 28 heavy (non-hydrogen) atoms. The number of nitrogens with zero attached hydrogens (tertiary/aromatic N) is 1. The minimum atomic E-state index is -0.768. The molecule has 0 amide bonds. The molecule has 0 saturated carbocycles. The molecule has 0 bridgehead atoms. The number of hydrogen-bond acceptors (Lipinski definition) is 1. The predicted molar refractivity (Wildman–Crippen MR) is 110 cm³/mol. The molecular weight excluding hydrogens is 420 g/mol. The molecule has 0 aliphatic carbocycles. The third-order valence-electron chi connectivity index (χ3n) is 4.92. The van der Waals surface area contributed by atoms with E-state index in [1.807, 2.05) is 42.5 Å². The van der Waals surface area contributed by atoms with Gasteiger partial charge in [-0.15, -0.1) is 0 Å². The molecule has 138 valence electrons. The number of aromatic nitrogens is 1. The van der Waals surface area contributed by atoms with E-state index >= 15 is 0 Å². The topological polar surface area (TPSA) is 12.9 Å². The summed E-state index contributed by atoms with van der Waals surface area (Å²) in [4.78, 5) is 4.43. The standard InChI is InChI=1S/C24H16BrF2N/c25-23-15-10-20(16-28-23)24(17-4-2-1-3-5-17,18-6-11-21(26)12-7-18)19-8-13-22(27)14-9-19/h1-16H. The molecule has 3 aromatic carbocycles. The third-order valence-corrected chi connectivity index (χ3v) is 5.39. The first kappa shape index (κ1) is 18.5. The lowest BCUT2D eigenvalue weighted by Gasteiger charge is -2.36. The lowest BCUT2D eigenvalue weighted by molar-refractivity contribution is 0.621. The van der Waals surface area contributed by atoms with Crippen LogP contribution in [0.15, 0.2) is 102 Å². The van der Waals surface area contributed by atoms with E-state index in [0.29, 0.717) is 0 Å². The second-order valence-corrected chi connectivity index (χ2v) is 7.31. The zero-order valence-electron chi connectivity index (χ0n) is 14.8. The van der Waals surface area contributed by atoms with E-state index in [1.54, 1.807) is 30.5 Å². The lowest BCUT2D eigenvalue weighted by atomic mass is 9.65. The summed E-state index contributed by atoms with van der Waals surface area (Å²) >= 11 is 3.39. The van der Waals surface area contributed by atoms with Gasteiger partial charge in [-0.3, -0.25) is 0 Å². The second-order valence-electron chi connectivity index (χ2n) is 6.50. The Morgan fingerprint density at radius 3 is 1.50 bits per heavy atom. The van der Waals surface area contributed by atoms with E-state index in [4.69, 9.17) is 0 Å². The van der Waals surface area contributed by atoms with Gasteiger partial charge in [0, 0.05) is 6.20 Å². The Morgan fingerprint density at radius 2 is 1.04 bits per heavy atom. The monoisotopic (exact) mass is 435 g/mol. The molecule has 4 heteroatoms. The molecule has 0 aliphatic rings. The Morgan fingerprint density at radius 1 is 0.571 bits per heavy atom. The van der Waals surface area contributed by atoms with Crippen LogP contribution in [0.25, 0.3) is 0 Å². The van der Waals surface area contributed by atoms with Crippen molar-refractivity contribution in [3.63, 3.8) is 0 Å². The fraction of sp³-hybridized carbons (Fsp3) is 0.0417. The maximum Gasteiger partial charge on any atom is 0.123 e. The predicted octanol–water partition coefficient (Wildman–Crippen LogP) is 6.51. The number of rotatable bonds is 4. The van der Waals surface area contributed by atoms with E-state index in [1.165, 1.54) is 24.3 Å². The average Bonchev–Trinajstić information content (AvgIpc) is 2.73. The van der Waals surface area contributed by atoms with Gasteiger partial charge in [0.25, 0.3) is 0 Å². The highest BCUT2D eigenvalue weighted by atomic mass is 79.9. The zero-order valence-corrected chi connectivity index (χ0v) is 16.4. The highest BCUT2D eigenvalue weighted by Gasteiger charge is 2.38. The summed E-state index contributed by atoms with van der Waals surface area (Å²) in [6.07, 6.45) is 1.80. The van der Waals surface area contributed by atoms with Crippen molar-refractivity contribution in [1.82, 2.24) is 4.98 Å². The third kappa shape index (κ3) is 3.25. The Labute approximate surface area is 170 Å². The lowest BCUT2D eigenvalue weighted by Crippen LogP contribution is -2.31. The molecule has 1 nitrogen and oxygen atoms in total. The number of hydrogen-bond donors (Lipinski definition) is 0. The minimum absolute atomic E-state index is 0.307. The summed E-state index contributed by atoms with van der Waals surface area (Å²) in [6, 6.07) is 26.6. The van der Waals surface area contributed by atoms with Crippen molar-refractivity contribution in [1.29, 1.82) is 0 Å². The van der Waals surface area contributed by atoms with E-state index in [2.05, 4.69) is 20.9 Å². The summed E-state index contributed by atoms with van der Waals surface area (Å²) in [7, 11) is 0. The van der Waals surface area contributed by atoms with Crippen LogP contribution in [0.2, 0.25) is 0 Å². The van der Waals surface area contributed by atoms with Gasteiger partial charge in [-0.1, -0.05) is 60.7 Å². The fourth-order valence-electron chi connectivity index (χ4n) is 3.69. The summed E-state index contributed by atoms with van der Waals surface area (Å²) in [5, 5.41) is 0. The number of halogens is 3. The van der Waals surface area contributed by atoms with Gasteiger partial charge in [-0.2, -0.15) is 0 Å². The molecule has 0 aliphatic heterocycles. The molecule has 4 rings (SSSR count). The van der Waals surface area contributed by atoms with Crippen LogP contribution in [0.1, 0.15) is 22.3 Å². The first-order valence-corrected chi connectivity index (χ1v) is 9.59. The van der Waals surface area contributed by atoms with Crippen molar-refractivity contribution in [2.24, 2.45) is 0 Å². The second kappa shape index (κ2) is 7.64. The van der Waals surface area contributed by atoms with Crippen LogP contribution < -0.4 is 0 Å². The molecule has 0 atom stereocenters. The van der Waals surface area contributed by atoms with E-state index < -0.39 is 5.41 Å². The number of pyridine rings is 1. The summed E-state index contributed by atoms with van der Waals surface area (Å²) in [6.45, 7) is 0. The SMILES string of the molecule is Fc1ccc(C(c2ccccc2)(c2ccc(F)cc2)c2ccc(Br)nc2)cc1. The highest BCUT2D eigenvalue weighted by Crippen LogP contribution is 2.45. The first-order valence-electron chi connectivity index (χ1n) is 8.80. The maximum atomic E-state index is 13.7. The Balaban J connectivity index is 2.11. The molecule has 0 radical (unpaired) electrons. The normalized spacial score (nSPS) is 11.4. The van der Waals surface area contributed by atoms with Crippen molar-refractivity contribution in [2.75, 3.05) is 0 Å². The molecule has 4 aromatic rings. The van der Waals surface area contributed by atoms with Gasteiger partial charge >= 0.3 is 0 Å². The molecule has 1 heterocycles. The van der Waals surface area contributed by atoms with Crippen molar-refractivity contribution in [2.45, 2.75) is 5.41 Å². The van der Waals surface area contributed by atoms with Crippen LogP contribution in [0, 0.1) is 11.6 Å². The van der Waals surface area contributed by atoms with E-state index in [0.717, 1.165) is 26.9 Å². The van der Waals surface area contributed by atoms with Crippen LogP contribution >= 0.6 is 15.9 Å². The molecule has 1 aromatic heterocycles. The largest absolute Gasteiger partial charge is 0.249 e. The van der Waals surface area contributed by atoms with Crippen LogP contribution in [-0.4, -0.2) is 4.98 Å². The summed E-state index contributed by atoms with van der Waals surface area (Å²) in [5.74, 6) is -0.613. The van der Waals surface area contributed by atoms with Gasteiger partial charge in [-0.05, 0) is 68.5 Å². The van der Waals surface area contributed by atoms with Gasteiger partial charge in [0.05, 0.1) is 5.41 Å². The Kier molecular flexibility index (Phi) is 5.05. The minimum Gasteiger partial charge on any atom is -0.249 e. The summed E-state index contributed by atoms with van der Waals surface area (Å²) in [5.41, 5.74) is 2.86. The van der Waals surface area contributed by atoms with Gasteiger partial charge in [0.2, 0.25) is 0 Å². The summed E-state index contributed by atoms with van der Waals surface area (Å²) < 4.78 is 28.2. The highest BCUT2D eigenvalue weighted by molar-refractivity contribution is 9.10. The van der Waals surface area contributed by atoms with Crippen LogP contribution in [0.5, 0.6) is 0 Å². The smallest absolute Gasteiger partial charge is 0.123 e. The molecule has 0 fully saturated rings. The molecule has 0 spiro atoms. The maximum absolute atomic E-state index is 13.7. The van der Waals surface area contributed by atoms with Gasteiger partial charge < -0.3 is 0 Å². The van der Waals surface area contributed by atoms with E-state index in [-0.39, 0.29) is 11.6 Å². The van der Waals surface area contributed by atoms with Crippen LogP contribution in [-0.2, 0) is 5.41 Å². The van der Waals surface area contributed by atoms with Gasteiger partial charge in [0.1, 0.15) is 16.2 Å². The first-order chi connectivity index (χ1) is 13.6. The van der Waals surface area contributed by atoms with E-state index in [9.17, 15) is 8.78 Å². The zero-order chi connectivity index (χ0) is 19.6. The van der Waals surface area contributed by atoms with Crippen LogP contribution in [0.3, 0.4) is 0 Å². The van der Waals surface area contributed by atoms with Gasteiger partial charge in [-0.25, -0.2) is 13.8 Å². The van der Waals surface area contributed by atoms with Crippen LogP contribution in [0.4, 0.5) is 8.78 Å². The van der Waals surface area contributed by atoms with Crippen molar-refractivity contribution >= 4 is 15.9 Å². The fourth-order valence-corrected chi connectivity index (χ4v) is 3.92. The molecule has 0 unspecified atom stereocenters. The quantitative estimate of drug-likeness (QED) is 0.263. The number of benzene rings is 3. The van der Waals surface area contributed by atoms with Crippen molar-refractivity contribution in [3.05, 3.63) is 136 Å². The Bertz CT molecular complexity index is 949. The average molecular weight is 436 g/mol. The molecule has 0 N–H and O–H groups in total. The van der Waals surface area contributed by atoms with Crippen molar-refractivity contribution in [3.8, 4) is 0 Å². The Hall–Kier alpha value is -2.85. The molecular formula is C24H16BrF2N. The molecule has 0 saturated heterocycles. The van der Waals surface area contributed by atoms with Gasteiger partial charge in [0.15, 0.2) is 0 Å². The van der Waals surface area contributed by atoms with Crippen molar-refractivity contribution < 1.29 is 8.78 Å².